The van der Waals surface area contributed by atoms with Crippen LogP contribution >= 0.6 is 11.6 Å². The summed E-state index contributed by atoms with van der Waals surface area (Å²) in [6.07, 6.45) is 7.94. The van der Waals surface area contributed by atoms with Gasteiger partial charge in [0, 0.05) is 5.88 Å². The average molecular weight is 187 g/mol. The topological polar surface area (TPSA) is 0 Å². The minimum absolute atomic E-state index is 0.663. The molecule has 0 atom stereocenters. The first-order chi connectivity index (χ1) is 5.70. The van der Waals surface area contributed by atoms with Gasteiger partial charge in [0.05, 0.1) is 0 Å². The lowest BCUT2D eigenvalue weighted by molar-refractivity contribution is 0.952. The van der Waals surface area contributed by atoms with Crippen LogP contribution in [0.4, 0.5) is 0 Å². The predicted octanol–water partition coefficient (Wildman–Crippen LogP) is 4.31. The van der Waals surface area contributed by atoms with E-state index < -0.39 is 0 Å². The molecule has 0 N–H and O–H groups in total. The van der Waals surface area contributed by atoms with Crippen LogP contribution in [-0.4, -0.2) is 5.88 Å². The summed E-state index contributed by atoms with van der Waals surface area (Å²) < 4.78 is 0. The smallest absolute Gasteiger partial charge is 0.0430 e. The zero-order valence-corrected chi connectivity index (χ0v) is 9.12. The van der Waals surface area contributed by atoms with E-state index in [2.05, 4.69) is 32.9 Å². The molecule has 0 nitrogen and oxygen atoms in total. The molecule has 0 aromatic heterocycles. The van der Waals surface area contributed by atoms with Crippen molar-refractivity contribution < 1.29 is 0 Å². The molecule has 0 fully saturated rings. The lowest BCUT2D eigenvalue weighted by atomic mass is 10.1. The van der Waals surface area contributed by atoms with E-state index in [9.17, 15) is 0 Å². The fourth-order valence-electron chi connectivity index (χ4n) is 1.05. The first-order valence-corrected chi connectivity index (χ1v) is 5.11. The molecule has 0 radical (unpaired) electrons. The lowest BCUT2D eigenvalue weighted by Gasteiger charge is -1.97. The number of alkyl halides is 1. The maximum Gasteiger partial charge on any atom is 0.0430 e. The Morgan fingerprint density at radius 3 is 2.33 bits per heavy atom. The van der Waals surface area contributed by atoms with Gasteiger partial charge in [-0.1, -0.05) is 30.2 Å². The highest BCUT2D eigenvalue weighted by molar-refractivity contribution is 6.19. The second kappa shape index (κ2) is 7.42. The van der Waals surface area contributed by atoms with E-state index in [1.54, 1.807) is 0 Å². The summed E-state index contributed by atoms with van der Waals surface area (Å²) in [7, 11) is 0. The standard InChI is InChI=1S/C11H19Cl/c1-4-6-10(2)7-5-8-11(3)9-12/h6,8H,4-5,7,9H2,1-3H3. The largest absolute Gasteiger partial charge is 0.122 e. The molecule has 0 spiro atoms. The highest BCUT2D eigenvalue weighted by Crippen LogP contribution is 2.07. The van der Waals surface area contributed by atoms with Crippen molar-refractivity contribution in [3.8, 4) is 0 Å². The number of hydrogen-bond acceptors (Lipinski definition) is 0. The Hall–Kier alpha value is -0.230. The third-order valence-corrected chi connectivity index (χ3v) is 2.22. The monoisotopic (exact) mass is 186 g/mol. The Morgan fingerprint density at radius 1 is 1.17 bits per heavy atom. The predicted molar refractivity (Wildman–Crippen MR) is 57.8 cm³/mol. The Kier molecular flexibility index (Phi) is 7.28. The molecule has 0 bridgehead atoms. The first-order valence-electron chi connectivity index (χ1n) is 4.58. The molecule has 0 saturated heterocycles. The van der Waals surface area contributed by atoms with Crippen molar-refractivity contribution in [1.82, 2.24) is 0 Å². The van der Waals surface area contributed by atoms with Crippen molar-refractivity contribution >= 4 is 11.6 Å². The van der Waals surface area contributed by atoms with Crippen LogP contribution in [0.5, 0.6) is 0 Å². The van der Waals surface area contributed by atoms with Gasteiger partial charge in [-0.05, 0) is 33.1 Å². The van der Waals surface area contributed by atoms with Crippen LogP contribution in [0.15, 0.2) is 23.3 Å². The summed E-state index contributed by atoms with van der Waals surface area (Å²) in [5, 5.41) is 0. The molecule has 70 valence electrons. The summed E-state index contributed by atoms with van der Waals surface area (Å²) in [6.45, 7) is 6.43. The Bertz CT molecular complexity index is 166. The molecule has 0 rings (SSSR count). The van der Waals surface area contributed by atoms with Crippen molar-refractivity contribution in [3.05, 3.63) is 23.3 Å². The van der Waals surface area contributed by atoms with Crippen LogP contribution in [0, 0.1) is 0 Å². The SMILES string of the molecule is CCC=C(C)CCC=C(C)CCl. The van der Waals surface area contributed by atoms with Crippen LogP contribution in [0.25, 0.3) is 0 Å². The van der Waals surface area contributed by atoms with Crippen molar-refractivity contribution in [2.24, 2.45) is 0 Å². The summed E-state index contributed by atoms with van der Waals surface area (Å²) in [5.41, 5.74) is 2.76. The van der Waals surface area contributed by atoms with E-state index in [1.807, 2.05) is 0 Å². The summed E-state index contributed by atoms with van der Waals surface area (Å²) >= 11 is 5.65. The highest BCUT2D eigenvalue weighted by Gasteiger charge is 1.88. The van der Waals surface area contributed by atoms with Gasteiger partial charge in [-0.25, -0.2) is 0 Å². The van der Waals surface area contributed by atoms with Gasteiger partial charge in [0.15, 0.2) is 0 Å². The molecule has 0 aromatic rings. The summed E-state index contributed by atoms with van der Waals surface area (Å²) in [5.74, 6) is 0.663. The van der Waals surface area contributed by atoms with Crippen LogP contribution in [0.1, 0.15) is 40.0 Å². The quantitative estimate of drug-likeness (QED) is 0.444. The molecule has 0 unspecified atom stereocenters. The van der Waals surface area contributed by atoms with Crippen molar-refractivity contribution in [2.75, 3.05) is 5.88 Å². The number of halogens is 1. The molecule has 1 heteroatoms. The van der Waals surface area contributed by atoms with E-state index in [0.717, 1.165) is 12.8 Å². The van der Waals surface area contributed by atoms with E-state index in [1.165, 1.54) is 17.6 Å². The maximum atomic E-state index is 5.65. The van der Waals surface area contributed by atoms with Gasteiger partial charge in [-0.3, -0.25) is 0 Å². The van der Waals surface area contributed by atoms with E-state index in [-0.39, 0.29) is 0 Å². The molecular formula is C11H19Cl. The molecule has 0 heterocycles. The minimum Gasteiger partial charge on any atom is -0.122 e. The van der Waals surface area contributed by atoms with Gasteiger partial charge >= 0.3 is 0 Å². The zero-order chi connectivity index (χ0) is 9.40. The summed E-state index contributed by atoms with van der Waals surface area (Å²) in [4.78, 5) is 0. The Balaban J connectivity index is 3.62. The molecule has 0 aliphatic carbocycles. The van der Waals surface area contributed by atoms with Crippen LogP contribution in [-0.2, 0) is 0 Å². The van der Waals surface area contributed by atoms with Gasteiger partial charge in [-0.15, -0.1) is 11.6 Å². The Labute approximate surface area is 81.3 Å². The molecule has 0 aliphatic heterocycles. The van der Waals surface area contributed by atoms with Gasteiger partial charge in [-0.2, -0.15) is 0 Å². The second-order valence-electron chi connectivity index (χ2n) is 3.18. The van der Waals surface area contributed by atoms with Crippen molar-refractivity contribution in [3.63, 3.8) is 0 Å². The number of hydrogen-bond donors (Lipinski definition) is 0. The fraction of sp³-hybridized carbons (Fsp3) is 0.636. The zero-order valence-electron chi connectivity index (χ0n) is 8.36. The number of rotatable bonds is 5. The lowest BCUT2D eigenvalue weighted by Crippen LogP contribution is -1.79. The fourth-order valence-corrected chi connectivity index (χ4v) is 1.16. The van der Waals surface area contributed by atoms with E-state index >= 15 is 0 Å². The molecule has 0 saturated carbocycles. The molecule has 12 heavy (non-hydrogen) atoms. The van der Waals surface area contributed by atoms with Gasteiger partial charge in [0.25, 0.3) is 0 Å². The van der Waals surface area contributed by atoms with Crippen molar-refractivity contribution in [1.29, 1.82) is 0 Å². The van der Waals surface area contributed by atoms with Gasteiger partial charge in [0.2, 0.25) is 0 Å². The van der Waals surface area contributed by atoms with Gasteiger partial charge < -0.3 is 0 Å². The highest BCUT2D eigenvalue weighted by atomic mass is 35.5. The van der Waals surface area contributed by atoms with Gasteiger partial charge in [0.1, 0.15) is 0 Å². The van der Waals surface area contributed by atoms with E-state index in [4.69, 9.17) is 11.6 Å². The number of allylic oxidation sites excluding steroid dienone is 4. The molecular weight excluding hydrogens is 168 g/mol. The minimum atomic E-state index is 0.663. The summed E-state index contributed by atoms with van der Waals surface area (Å²) in [6, 6.07) is 0. The molecule has 0 aliphatic rings. The normalized spacial score (nSPS) is 13.7. The van der Waals surface area contributed by atoms with Crippen molar-refractivity contribution in [2.45, 2.75) is 40.0 Å². The average Bonchev–Trinajstić information content (AvgIpc) is 2.04. The Morgan fingerprint density at radius 2 is 1.83 bits per heavy atom. The van der Waals surface area contributed by atoms with E-state index in [0.29, 0.717) is 5.88 Å². The first kappa shape index (κ1) is 11.8. The van der Waals surface area contributed by atoms with Crippen LogP contribution < -0.4 is 0 Å². The second-order valence-corrected chi connectivity index (χ2v) is 3.45. The van der Waals surface area contributed by atoms with Crippen LogP contribution in [0.2, 0.25) is 0 Å². The third-order valence-electron chi connectivity index (χ3n) is 1.79. The van der Waals surface area contributed by atoms with Crippen LogP contribution in [0.3, 0.4) is 0 Å². The maximum absolute atomic E-state index is 5.65. The third kappa shape index (κ3) is 6.48. The molecule has 0 aromatic carbocycles. The molecule has 0 amide bonds.